The molecule has 0 aromatic carbocycles. The second kappa shape index (κ2) is 4.64. The first-order valence-electron chi connectivity index (χ1n) is 5.31. The van der Waals surface area contributed by atoms with E-state index in [9.17, 15) is 4.79 Å². The zero-order valence-corrected chi connectivity index (χ0v) is 9.05. The Morgan fingerprint density at radius 3 is 2.31 bits per heavy atom. The van der Waals surface area contributed by atoms with E-state index >= 15 is 0 Å². The molecule has 1 fully saturated rings. The monoisotopic (exact) mass is 183 g/mol. The van der Waals surface area contributed by atoms with Gasteiger partial charge in [-0.2, -0.15) is 0 Å². The van der Waals surface area contributed by atoms with E-state index in [-0.39, 0.29) is 5.91 Å². The Hall–Kier alpha value is -0.530. The normalized spacial score (nSPS) is 28.5. The van der Waals surface area contributed by atoms with Crippen molar-refractivity contribution in [3.05, 3.63) is 0 Å². The van der Waals surface area contributed by atoms with Gasteiger partial charge in [0.05, 0.1) is 0 Å². The molecule has 1 rings (SSSR count). The first-order chi connectivity index (χ1) is 6.09. The minimum atomic E-state index is 0.193. The van der Waals surface area contributed by atoms with E-state index in [2.05, 4.69) is 6.92 Å². The van der Waals surface area contributed by atoms with Gasteiger partial charge in [0, 0.05) is 20.5 Å². The Bertz CT molecular complexity index is 171. The molecule has 0 saturated heterocycles. The Balaban J connectivity index is 2.26. The fourth-order valence-corrected chi connectivity index (χ4v) is 2.03. The van der Waals surface area contributed by atoms with Crippen LogP contribution in [0.15, 0.2) is 0 Å². The predicted octanol–water partition coefficient (Wildman–Crippen LogP) is 2.29. The number of rotatable bonds is 2. The zero-order chi connectivity index (χ0) is 9.84. The molecule has 0 N–H and O–H groups in total. The van der Waals surface area contributed by atoms with Gasteiger partial charge in [-0.05, 0) is 24.7 Å². The summed E-state index contributed by atoms with van der Waals surface area (Å²) in [7, 11) is 1.90. The van der Waals surface area contributed by atoms with E-state index in [4.69, 9.17) is 0 Å². The molecule has 0 atom stereocenters. The van der Waals surface area contributed by atoms with E-state index in [1.807, 2.05) is 11.9 Å². The van der Waals surface area contributed by atoms with Crippen LogP contribution in [-0.4, -0.2) is 24.4 Å². The maximum absolute atomic E-state index is 11.0. The van der Waals surface area contributed by atoms with E-state index in [0.717, 1.165) is 18.4 Å². The summed E-state index contributed by atoms with van der Waals surface area (Å²) in [5.74, 6) is 1.85. The van der Waals surface area contributed by atoms with Crippen LogP contribution in [-0.2, 0) is 4.79 Å². The second-order valence-corrected chi connectivity index (χ2v) is 4.53. The maximum Gasteiger partial charge on any atom is 0.219 e. The minimum Gasteiger partial charge on any atom is -0.346 e. The molecule has 0 heterocycles. The lowest BCUT2D eigenvalue weighted by atomic mass is 9.83. The summed E-state index contributed by atoms with van der Waals surface area (Å²) >= 11 is 0. The van der Waals surface area contributed by atoms with Crippen LogP contribution in [0.25, 0.3) is 0 Å². The summed E-state index contributed by atoms with van der Waals surface area (Å²) < 4.78 is 0. The van der Waals surface area contributed by atoms with Crippen LogP contribution in [0.1, 0.15) is 39.5 Å². The van der Waals surface area contributed by atoms with Gasteiger partial charge >= 0.3 is 0 Å². The molecule has 0 bridgehead atoms. The van der Waals surface area contributed by atoms with Crippen LogP contribution >= 0.6 is 0 Å². The molecule has 76 valence electrons. The lowest BCUT2D eigenvalue weighted by Crippen LogP contribution is -2.31. The molecule has 0 spiro atoms. The highest BCUT2D eigenvalue weighted by molar-refractivity contribution is 5.72. The Kier molecular flexibility index (Phi) is 3.76. The zero-order valence-electron chi connectivity index (χ0n) is 9.05. The van der Waals surface area contributed by atoms with Gasteiger partial charge in [-0.15, -0.1) is 0 Å². The highest BCUT2D eigenvalue weighted by atomic mass is 16.2. The van der Waals surface area contributed by atoms with Crippen LogP contribution in [0.3, 0.4) is 0 Å². The lowest BCUT2D eigenvalue weighted by molar-refractivity contribution is -0.128. The number of hydrogen-bond acceptors (Lipinski definition) is 1. The molecule has 0 aliphatic heterocycles. The van der Waals surface area contributed by atoms with Crippen LogP contribution in [0.4, 0.5) is 0 Å². The largest absolute Gasteiger partial charge is 0.346 e. The van der Waals surface area contributed by atoms with Crippen molar-refractivity contribution < 1.29 is 4.79 Å². The SMILES string of the molecule is CC(=O)N(C)CC1CCC(C)CC1. The van der Waals surface area contributed by atoms with Crippen molar-refractivity contribution in [3.63, 3.8) is 0 Å². The van der Waals surface area contributed by atoms with Crippen molar-refractivity contribution in [3.8, 4) is 0 Å². The molecule has 0 aromatic heterocycles. The lowest BCUT2D eigenvalue weighted by Gasteiger charge is -2.29. The van der Waals surface area contributed by atoms with E-state index in [0.29, 0.717) is 0 Å². The minimum absolute atomic E-state index is 0.193. The van der Waals surface area contributed by atoms with Gasteiger partial charge in [0.2, 0.25) is 5.91 Å². The molecule has 1 aliphatic rings. The number of hydrogen-bond donors (Lipinski definition) is 0. The molecule has 1 amide bonds. The van der Waals surface area contributed by atoms with Crippen molar-refractivity contribution >= 4 is 5.91 Å². The molecule has 0 radical (unpaired) electrons. The highest BCUT2D eigenvalue weighted by Gasteiger charge is 2.19. The molecule has 0 unspecified atom stereocenters. The molecule has 13 heavy (non-hydrogen) atoms. The predicted molar refractivity (Wildman–Crippen MR) is 54.4 cm³/mol. The number of nitrogens with zero attached hydrogens (tertiary/aromatic N) is 1. The first-order valence-corrected chi connectivity index (χ1v) is 5.31. The third-order valence-electron chi connectivity index (χ3n) is 3.21. The van der Waals surface area contributed by atoms with Crippen LogP contribution in [0.2, 0.25) is 0 Å². The quantitative estimate of drug-likeness (QED) is 0.643. The van der Waals surface area contributed by atoms with Gasteiger partial charge in [0.15, 0.2) is 0 Å². The van der Waals surface area contributed by atoms with Crippen LogP contribution in [0, 0.1) is 11.8 Å². The first kappa shape index (κ1) is 10.6. The molecular formula is C11H21NO. The molecule has 2 nitrogen and oxygen atoms in total. The highest BCUT2D eigenvalue weighted by Crippen LogP contribution is 2.28. The summed E-state index contributed by atoms with van der Waals surface area (Å²) in [6.45, 7) is 4.93. The van der Waals surface area contributed by atoms with Crippen molar-refractivity contribution in [1.82, 2.24) is 4.90 Å². The Morgan fingerprint density at radius 1 is 1.31 bits per heavy atom. The summed E-state index contributed by atoms with van der Waals surface area (Å²) in [6.07, 6.45) is 5.30. The fraction of sp³-hybridized carbons (Fsp3) is 0.909. The fourth-order valence-electron chi connectivity index (χ4n) is 2.03. The average molecular weight is 183 g/mol. The molecule has 0 aromatic rings. The number of carbonyl (C=O) groups excluding carboxylic acids is 1. The molecule has 1 saturated carbocycles. The average Bonchev–Trinajstić information content (AvgIpc) is 2.08. The summed E-state index contributed by atoms with van der Waals surface area (Å²) in [4.78, 5) is 12.9. The molecule has 1 aliphatic carbocycles. The third kappa shape index (κ3) is 3.37. The van der Waals surface area contributed by atoms with Crippen molar-refractivity contribution in [2.24, 2.45) is 11.8 Å². The van der Waals surface area contributed by atoms with Crippen molar-refractivity contribution in [2.75, 3.05) is 13.6 Å². The van der Waals surface area contributed by atoms with Gasteiger partial charge in [0.25, 0.3) is 0 Å². The van der Waals surface area contributed by atoms with Gasteiger partial charge in [-0.25, -0.2) is 0 Å². The van der Waals surface area contributed by atoms with E-state index in [1.165, 1.54) is 25.7 Å². The summed E-state index contributed by atoms with van der Waals surface area (Å²) in [6, 6.07) is 0. The van der Waals surface area contributed by atoms with Gasteiger partial charge in [0.1, 0.15) is 0 Å². The smallest absolute Gasteiger partial charge is 0.219 e. The molecule has 2 heteroatoms. The number of carbonyl (C=O) groups is 1. The van der Waals surface area contributed by atoms with Gasteiger partial charge < -0.3 is 4.90 Å². The van der Waals surface area contributed by atoms with Crippen LogP contribution < -0.4 is 0 Å². The Labute approximate surface area is 81.3 Å². The van der Waals surface area contributed by atoms with Gasteiger partial charge in [-0.3, -0.25) is 4.79 Å². The second-order valence-electron chi connectivity index (χ2n) is 4.53. The maximum atomic E-state index is 11.0. The van der Waals surface area contributed by atoms with Crippen molar-refractivity contribution in [1.29, 1.82) is 0 Å². The van der Waals surface area contributed by atoms with Crippen molar-refractivity contribution in [2.45, 2.75) is 39.5 Å². The summed E-state index contributed by atoms with van der Waals surface area (Å²) in [5.41, 5.74) is 0. The topological polar surface area (TPSA) is 20.3 Å². The van der Waals surface area contributed by atoms with Gasteiger partial charge in [-0.1, -0.05) is 19.8 Å². The summed E-state index contributed by atoms with van der Waals surface area (Å²) in [5, 5.41) is 0. The van der Waals surface area contributed by atoms with E-state index in [1.54, 1.807) is 6.92 Å². The van der Waals surface area contributed by atoms with E-state index < -0.39 is 0 Å². The third-order valence-corrected chi connectivity index (χ3v) is 3.21. The number of amides is 1. The van der Waals surface area contributed by atoms with Crippen LogP contribution in [0.5, 0.6) is 0 Å². The molecular weight excluding hydrogens is 162 g/mol. The standard InChI is InChI=1S/C11H21NO/c1-9-4-6-11(7-5-9)8-12(3)10(2)13/h9,11H,4-8H2,1-3H3. The Morgan fingerprint density at radius 2 is 1.85 bits per heavy atom.